The minimum Gasteiger partial charge on any atom is -0.502 e. The molecule has 0 saturated heterocycles. The van der Waals surface area contributed by atoms with Crippen molar-refractivity contribution in [2.75, 3.05) is 21.3 Å². The zero-order valence-corrected chi connectivity index (χ0v) is 19.8. The van der Waals surface area contributed by atoms with Gasteiger partial charge >= 0.3 is 17.1 Å². The van der Waals surface area contributed by atoms with E-state index < -0.39 is 66.7 Å². The van der Waals surface area contributed by atoms with Crippen LogP contribution >= 0.6 is 0 Å². The fourth-order valence-corrected chi connectivity index (χ4v) is 2.47. The molecule has 0 unspecified atom stereocenters. The molecule has 13 nitrogen and oxygen atoms in total. The summed E-state index contributed by atoms with van der Waals surface area (Å²) < 4.78 is 76.6. The van der Waals surface area contributed by atoms with E-state index in [1.165, 1.54) is 21.3 Å². The molecule has 0 heterocycles. The van der Waals surface area contributed by atoms with Crippen molar-refractivity contribution < 1.29 is 56.0 Å². The van der Waals surface area contributed by atoms with Crippen LogP contribution in [0.25, 0.3) is 0 Å². The third-order valence-electron chi connectivity index (χ3n) is 4.28. The molecule has 0 aliphatic carbocycles. The molecule has 0 fully saturated rings. The van der Waals surface area contributed by atoms with Gasteiger partial charge in [-0.2, -0.15) is 4.39 Å². The van der Waals surface area contributed by atoms with Crippen LogP contribution < -0.4 is 14.2 Å². The highest BCUT2D eigenvalue weighted by molar-refractivity contribution is 5.51. The first-order valence-corrected chi connectivity index (χ1v) is 9.74. The lowest BCUT2D eigenvalue weighted by atomic mass is 10.2. The quantitative estimate of drug-likeness (QED) is 0.181. The maximum atomic E-state index is 13.0. The summed E-state index contributed by atoms with van der Waals surface area (Å²) in [5.41, 5.74) is -2.18. The van der Waals surface area contributed by atoms with E-state index in [9.17, 15) is 52.3 Å². The number of phenols is 1. The van der Waals surface area contributed by atoms with E-state index in [0.717, 1.165) is 18.2 Å². The highest BCUT2D eigenvalue weighted by Gasteiger charge is 2.20. The molecule has 18 heteroatoms. The van der Waals surface area contributed by atoms with Crippen molar-refractivity contribution in [3.05, 3.63) is 95.8 Å². The van der Waals surface area contributed by atoms with E-state index in [1.54, 1.807) is 0 Å². The molecular weight excluding hydrogens is 549 g/mol. The summed E-state index contributed by atoms with van der Waals surface area (Å²) in [4.78, 5) is 27.9. The van der Waals surface area contributed by atoms with Crippen LogP contribution in [-0.4, -0.2) is 41.2 Å². The van der Waals surface area contributed by atoms with Gasteiger partial charge in [-0.3, -0.25) is 30.3 Å². The fourth-order valence-electron chi connectivity index (χ4n) is 2.47. The summed E-state index contributed by atoms with van der Waals surface area (Å²) in [5.74, 6) is -6.93. The molecule has 3 aromatic rings. The number of aromatic hydroxyl groups is 1. The molecule has 3 aromatic carbocycles. The third-order valence-corrected chi connectivity index (χ3v) is 4.28. The lowest BCUT2D eigenvalue weighted by molar-refractivity contribution is -0.387. The van der Waals surface area contributed by atoms with Crippen molar-refractivity contribution in [3.8, 4) is 23.0 Å². The molecule has 0 radical (unpaired) electrons. The first-order valence-electron chi connectivity index (χ1n) is 9.74. The van der Waals surface area contributed by atoms with E-state index in [4.69, 9.17) is 9.84 Å². The van der Waals surface area contributed by atoms with Gasteiger partial charge in [0.25, 0.3) is 0 Å². The van der Waals surface area contributed by atoms with Crippen LogP contribution in [0.15, 0.2) is 36.4 Å². The molecule has 1 N–H and O–H groups in total. The van der Waals surface area contributed by atoms with Crippen molar-refractivity contribution in [1.29, 1.82) is 0 Å². The number of ether oxygens (including phenoxy) is 3. The Morgan fingerprint density at radius 2 is 0.923 bits per heavy atom. The number of nitro benzene ring substituents is 3. The Morgan fingerprint density at radius 3 is 1.36 bits per heavy atom. The number of halogens is 5. The van der Waals surface area contributed by atoms with Crippen molar-refractivity contribution in [3.63, 3.8) is 0 Å². The van der Waals surface area contributed by atoms with Crippen molar-refractivity contribution in [2.24, 2.45) is 0 Å². The van der Waals surface area contributed by atoms with E-state index in [0.29, 0.717) is 6.07 Å². The normalized spacial score (nSPS) is 9.74. The summed E-state index contributed by atoms with van der Waals surface area (Å²) in [6.45, 7) is 0. The molecule has 0 atom stereocenters. The maximum Gasteiger partial charge on any atom is 0.314 e. The summed E-state index contributed by atoms with van der Waals surface area (Å²) in [6.07, 6.45) is 0. The monoisotopic (exact) mass is 565 g/mol. The van der Waals surface area contributed by atoms with Gasteiger partial charge in [0.05, 0.1) is 54.3 Å². The Bertz CT molecular complexity index is 1390. The number of phenolic OH excluding ortho intramolecular Hbond substituents is 1. The highest BCUT2D eigenvalue weighted by atomic mass is 19.2. The van der Waals surface area contributed by atoms with Gasteiger partial charge in [0.15, 0.2) is 40.5 Å². The number of nitro groups is 3. The zero-order chi connectivity index (χ0) is 30.0. The van der Waals surface area contributed by atoms with Crippen LogP contribution in [0.5, 0.6) is 23.0 Å². The average molecular weight is 565 g/mol. The standard InChI is InChI=1S/C8H8FNO4.C7H6FNO4.C6H2F3NO2/c1-13-7-4-8(14-2)6(10(11)12)3-5(7)9;1-13-7-3-6(10)5(9(11)12)2-4(7)8;7-3-1-5(9)6(10(11)12)2-4(3)8/h3-4H,1-2H3;2-3,10H,1H3;1-2H. The molecule has 0 amide bonds. The first kappa shape index (κ1) is 31.7. The summed E-state index contributed by atoms with van der Waals surface area (Å²) in [7, 11) is 3.73. The van der Waals surface area contributed by atoms with E-state index in [2.05, 4.69) is 9.47 Å². The van der Waals surface area contributed by atoms with Crippen LogP contribution in [-0.2, 0) is 0 Å². The lowest BCUT2D eigenvalue weighted by Gasteiger charge is -2.05. The van der Waals surface area contributed by atoms with E-state index in [-0.39, 0.29) is 29.4 Å². The molecule has 39 heavy (non-hydrogen) atoms. The van der Waals surface area contributed by atoms with Crippen LogP contribution in [0.1, 0.15) is 0 Å². The highest BCUT2D eigenvalue weighted by Crippen LogP contribution is 2.33. The predicted molar refractivity (Wildman–Crippen MR) is 120 cm³/mol. The summed E-state index contributed by atoms with van der Waals surface area (Å²) in [6, 6.07) is 3.69. The number of hydrogen-bond acceptors (Lipinski definition) is 10. The van der Waals surface area contributed by atoms with Gasteiger partial charge in [-0.25, -0.2) is 17.6 Å². The van der Waals surface area contributed by atoms with Crippen molar-refractivity contribution >= 4 is 17.1 Å². The minimum atomic E-state index is -1.45. The molecule has 0 bridgehead atoms. The summed E-state index contributed by atoms with van der Waals surface area (Å²) in [5, 5.41) is 39.7. The van der Waals surface area contributed by atoms with Crippen LogP contribution in [0.3, 0.4) is 0 Å². The molecule has 0 aromatic heterocycles. The summed E-state index contributed by atoms with van der Waals surface area (Å²) >= 11 is 0. The number of rotatable bonds is 6. The van der Waals surface area contributed by atoms with Crippen molar-refractivity contribution in [1.82, 2.24) is 0 Å². The van der Waals surface area contributed by atoms with Crippen LogP contribution in [0, 0.1) is 59.4 Å². The largest absolute Gasteiger partial charge is 0.502 e. The minimum absolute atomic E-state index is 0.0340. The number of methoxy groups -OCH3 is 3. The second-order valence-electron chi connectivity index (χ2n) is 6.62. The molecule has 0 spiro atoms. The Morgan fingerprint density at radius 1 is 0.538 bits per heavy atom. The molecule has 0 saturated carbocycles. The maximum absolute atomic E-state index is 13.0. The zero-order valence-electron chi connectivity index (χ0n) is 19.8. The van der Waals surface area contributed by atoms with Gasteiger partial charge in [-0.1, -0.05) is 0 Å². The fraction of sp³-hybridized carbons (Fsp3) is 0.143. The van der Waals surface area contributed by atoms with Gasteiger partial charge in [-0.05, 0) is 0 Å². The molecule has 0 aliphatic heterocycles. The number of benzene rings is 3. The smallest absolute Gasteiger partial charge is 0.314 e. The van der Waals surface area contributed by atoms with Gasteiger partial charge in [0.1, 0.15) is 0 Å². The number of nitrogens with zero attached hydrogens (tertiary/aromatic N) is 3. The Labute approximate surface area is 214 Å². The van der Waals surface area contributed by atoms with E-state index >= 15 is 0 Å². The second kappa shape index (κ2) is 13.9. The molecular formula is C21H16F5N3O10. The average Bonchev–Trinajstić information content (AvgIpc) is 2.87. The topological polar surface area (TPSA) is 177 Å². The second-order valence-corrected chi connectivity index (χ2v) is 6.62. The molecule has 210 valence electrons. The third kappa shape index (κ3) is 8.37. The van der Waals surface area contributed by atoms with Gasteiger partial charge < -0.3 is 19.3 Å². The van der Waals surface area contributed by atoms with Gasteiger partial charge in [0.2, 0.25) is 11.6 Å². The predicted octanol–water partition coefficient (Wildman–Crippen LogP) is 5.21. The lowest BCUT2D eigenvalue weighted by Crippen LogP contribution is -1.97. The molecule has 0 aliphatic rings. The Kier molecular flexibility index (Phi) is 11.3. The van der Waals surface area contributed by atoms with Crippen LogP contribution in [0.4, 0.5) is 39.0 Å². The molecule has 3 rings (SSSR count). The van der Waals surface area contributed by atoms with Crippen LogP contribution in [0.2, 0.25) is 0 Å². The van der Waals surface area contributed by atoms with Gasteiger partial charge in [-0.15, -0.1) is 0 Å². The number of hydrogen-bond donors (Lipinski definition) is 1. The van der Waals surface area contributed by atoms with E-state index in [1.807, 2.05) is 0 Å². The van der Waals surface area contributed by atoms with Gasteiger partial charge in [0, 0.05) is 18.2 Å². The van der Waals surface area contributed by atoms with Crippen molar-refractivity contribution in [2.45, 2.75) is 0 Å². The Hall–Kier alpha value is -5.29. The SMILES string of the molecule is COc1cc(O)c([N+](=O)[O-])cc1F.COc1cc(OC)c([N+](=O)[O-])cc1F.O=[N+]([O-])c1cc(F)c(F)cc1F. The Balaban J connectivity index is 0.000000293. The first-order chi connectivity index (χ1) is 18.2.